The summed E-state index contributed by atoms with van der Waals surface area (Å²) in [4.78, 5) is 11.8. The molecule has 1 heterocycles. The molecule has 0 amide bonds. The van der Waals surface area contributed by atoms with Gasteiger partial charge in [0.2, 0.25) is 0 Å². The van der Waals surface area contributed by atoms with Gasteiger partial charge in [-0.3, -0.25) is 0 Å². The number of fused-ring (bicyclic) bond motifs is 2. The highest BCUT2D eigenvalue weighted by Gasteiger charge is 2.22. The third-order valence-electron chi connectivity index (χ3n) is 2.46. The molecule has 1 N–H and O–H groups in total. The minimum Gasteiger partial charge on any atom is -0.508 e. The zero-order valence-electron chi connectivity index (χ0n) is 8.71. The van der Waals surface area contributed by atoms with Crippen molar-refractivity contribution < 1.29 is 19.4 Å². The third-order valence-corrected chi connectivity index (χ3v) is 2.46. The molecule has 0 fully saturated rings. The number of phenolic OH excluding ortho intramolecular Hbond substituents is 1. The SMILES string of the molecule is O=C1Oc2ccccc2Oc2cc(O)ccc21. The first kappa shape index (κ1) is 9.72. The van der Waals surface area contributed by atoms with E-state index < -0.39 is 5.97 Å². The lowest BCUT2D eigenvalue weighted by molar-refractivity contribution is 0.0737. The second-order valence-corrected chi connectivity index (χ2v) is 3.62. The maximum atomic E-state index is 11.8. The molecule has 0 aromatic heterocycles. The van der Waals surface area contributed by atoms with Crippen LogP contribution in [0.2, 0.25) is 0 Å². The normalized spacial score (nSPS) is 12.8. The Hall–Kier alpha value is -2.49. The number of rotatable bonds is 0. The summed E-state index contributed by atoms with van der Waals surface area (Å²) >= 11 is 0. The average molecular weight is 228 g/mol. The Balaban J connectivity index is 2.18. The van der Waals surface area contributed by atoms with Crippen molar-refractivity contribution in [2.24, 2.45) is 0 Å². The largest absolute Gasteiger partial charge is 0.508 e. The Morgan fingerprint density at radius 3 is 2.35 bits per heavy atom. The third kappa shape index (κ3) is 1.59. The number of ether oxygens (including phenoxy) is 2. The smallest absolute Gasteiger partial charge is 0.347 e. The quantitative estimate of drug-likeness (QED) is 0.556. The zero-order valence-corrected chi connectivity index (χ0v) is 8.71. The van der Waals surface area contributed by atoms with Crippen LogP contribution < -0.4 is 9.47 Å². The highest BCUT2D eigenvalue weighted by Crippen LogP contribution is 2.38. The Kier molecular flexibility index (Phi) is 2.01. The average Bonchev–Trinajstić information content (AvgIpc) is 2.44. The molecule has 0 bridgehead atoms. The van der Waals surface area contributed by atoms with E-state index in [1.54, 1.807) is 24.3 Å². The Morgan fingerprint density at radius 1 is 0.882 bits per heavy atom. The van der Waals surface area contributed by atoms with E-state index in [0.717, 1.165) is 0 Å². The molecule has 84 valence electrons. The molecule has 0 unspecified atom stereocenters. The summed E-state index contributed by atoms with van der Waals surface area (Å²) in [5.41, 5.74) is 0.291. The van der Waals surface area contributed by atoms with Gasteiger partial charge in [-0.1, -0.05) is 12.1 Å². The highest BCUT2D eigenvalue weighted by molar-refractivity contribution is 5.95. The van der Waals surface area contributed by atoms with E-state index in [1.165, 1.54) is 18.2 Å². The Labute approximate surface area is 97.0 Å². The second-order valence-electron chi connectivity index (χ2n) is 3.62. The minimum absolute atomic E-state index is 0.0379. The lowest BCUT2D eigenvalue weighted by Gasteiger charge is -2.05. The van der Waals surface area contributed by atoms with Crippen LogP contribution in [0.25, 0.3) is 0 Å². The maximum absolute atomic E-state index is 11.8. The Morgan fingerprint density at radius 2 is 1.59 bits per heavy atom. The van der Waals surface area contributed by atoms with Gasteiger partial charge in [-0.2, -0.15) is 0 Å². The first-order valence-electron chi connectivity index (χ1n) is 5.06. The van der Waals surface area contributed by atoms with Gasteiger partial charge in [-0.05, 0) is 24.3 Å². The van der Waals surface area contributed by atoms with E-state index in [0.29, 0.717) is 22.8 Å². The van der Waals surface area contributed by atoms with Gasteiger partial charge in [0, 0.05) is 6.07 Å². The lowest BCUT2D eigenvalue weighted by atomic mass is 10.2. The van der Waals surface area contributed by atoms with Crippen LogP contribution in [-0.4, -0.2) is 11.1 Å². The summed E-state index contributed by atoms with van der Waals surface area (Å²) in [6.45, 7) is 0. The first-order valence-corrected chi connectivity index (χ1v) is 5.06. The van der Waals surface area contributed by atoms with Gasteiger partial charge in [0.25, 0.3) is 0 Å². The van der Waals surface area contributed by atoms with Crippen molar-refractivity contribution in [1.29, 1.82) is 0 Å². The number of esters is 1. The van der Waals surface area contributed by atoms with Crippen LogP contribution in [0, 0.1) is 0 Å². The van der Waals surface area contributed by atoms with Crippen molar-refractivity contribution in [2.75, 3.05) is 0 Å². The van der Waals surface area contributed by atoms with Gasteiger partial charge >= 0.3 is 5.97 Å². The van der Waals surface area contributed by atoms with Crippen LogP contribution in [0.5, 0.6) is 23.0 Å². The van der Waals surface area contributed by atoms with Gasteiger partial charge in [0.05, 0.1) is 0 Å². The van der Waals surface area contributed by atoms with Crippen LogP contribution in [-0.2, 0) is 0 Å². The monoisotopic (exact) mass is 228 g/mol. The summed E-state index contributed by atoms with van der Waals surface area (Å²) < 4.78 is 10.7. The fraction of sp³-hybridized carbons (Fsp3) is 0. The molecule has 1 aliphatic heterocycles. The molecule has 0 radical (unpaired) electrons. The molecule has 2 aromatic rings. The zero-order chi connectivity index (χ0) is 11.8. The molecule has 3 rings (SSSR count). The van der Waals surface area contributed by atoms with Crippen LogP contribution in [0.3, 0.4) is 0 Å². The molecule has 0 aliphatic carbocycles. The van der Waals surface area contributed by atoms with Crippen molar-refractivity contribution in [3.63, 3.8) is 0 Å². The van der Waals surface area contributed by atoms with Crippen LogP contribution in [0.15, 0.2) is 42.5 Å². The highest BCUT2D eigenvalue weighted by atomic mass is 16.6. The Bertz CT molecular complexity index is 604. The maximum Gasteiger partial charge on any atom is 0.347 e. The molecule has 17 heavy (non-hydrogen) atoms. The number of para-hydroxylation sites is 2. The molecule has 4 nitrogen and oxygen atoms in total. The van der Waals surface area contributed by atoms with E-state index in [2.05, 4.69) is 0 Å². The van der Waals surface area contributed by atoms with Crippen molar-refractivity contribution in [3.8, 4) is 23.0 Å². The molecule has 0 saturated heterocycles. The van der Waals surface area contributed by atoms with Crippen molar-refractivity contribution in [1.82, 2.24) is 0 Å². The van der Waals surface area contributed by atoms with Crippen molar-refractivity contribution >= 4 is 5.97 Å². The predicted molar refractivity (Wildman–Crippen MR) is 59.6 cm³/mol. The van der Waals surface area contributed by atoms with Gasteiger partial charge in [0.15, 0.2) is 11.5 Å². The van der Waals surface area contributed by atoms with E-state index in [9.17, 15) is 9.90 Å². The van der Waals surface area contributed by atoms with E-state index in [4.69, 9.17) is 9.47 Å². The number of phenols is 1. The lowest BCUT2D eigenvalue weighted by Crippen LogP contribution is -2.06. The summed E-state index contributed by atoms with van der Waals surface area (Å²) in [5.74, 6) is 0.652. The van der Waals surface area contributed by atoms with Crippen LogP contribution in [0.4, 0.5) is 0 Å². The van der Waals surface area contributed by atoms with Crippen molar-refractivity contribution in [2.45, 2.75) is 0 Å². The number of hydrogen-bond donors (Lipinski definition) is 1. The number of aromatic hydroxyl groups is 1. The summed E-state index contributed by atoms with van der Waals surface area (Å²) in [7, 11) is 0. The number of carbonyl (C=O) groups is 1. The summed E-state index contributed by atoms with van der Waals surface area (Å²) in [6.07, 6.45) is 0. The molecule has 4 heteroatoms. The minimum atomic E-state index is -0.495. The van der Waals surface area contributed by atoms with Crippen molar-refractivity contribution in [3.05, 3.63) is 48.0 Å². The number of hydrogen-bond acceptors (Lipinski definition) is 4. The van der Waals surface area contributed by atoms with Gasteiger partial charge in [-0.25, -0.2) is 4.79 Å². The van der Waals surface area contributed by atoms with Gasteiger partial charge < -0.3 is 14.6 Å². The fourth-order valence-corrected chi connectivity index (χ4v) is 1.66. The summed E-state index contributed by atoms with van der Waals surface area (Å²) in [5, 5.41) is 9.38. The van der Waals surface area contributed by atoms with E-state index in [1.807, 2.05) is 0 Å². The summed E-state index contributed by atoms with van der Waals surface area (Å²) in [6, 6.07) is 11.2. The number of benzene rings is 2. The molecule has 0 atom stereocenters. The standard InChI is InChI=1S/C13H8O4/c14-8-5-6-9-12(7-8)16-10-3-1-2-4-11(10)17-13(9)15/h1-7,14H. The van der Waals surface area contributed by atoms with Gasteiger partial charge in [0.1, 0.15) is 17.1 Å². The molecule has 0 saturated carbocycles. The topological polar surface area (TPSA) is 55.8 Å². The van der Waals surface area contributed by atoms with Gasteiger partial charge in [-0.15, -0.1) is 0 Å². The first-order chi connectivity index (χ1) is 8.24. The van der Waals surface area contributed by atoms with E-state index in [-0.39, 0.29) is 5.75 Å². The second kappa shape index (κ2) is 3.52. The molecule has 2 aromatic carbocycles. The molecule has 1 aliphatic rings. The van der Waals surface area contributed by atoms with E-state index >= 15 is 0 Å². The molecular formula is C13H8O4. The molecular weight excluding hydrogens is 220 g/mol. The van der Waals surface area contributed by atoms with Crippen LogP contribution >= 0.6 is 0 Å². The molecule has 0 spiro atoms. The fourth-order valence-electron chi connectivity index (χ4n) is 1.66. The number of carbonyl (C=O) groups excluding carboxylic acids is 1. The van der Waals surface area contributed by atoms with Crippen LogP contribution in [0.1, 0.15) is 10.4 Å². The predicted octanol–water partition coefficient (Wildman–Crippen LogP) is 2.72.